The van der Waals surface area contributed by atoms with Gasteiger partial charge in [0.15, 0.2) is 0 Å². The molecule has 2 aromatic heterocycles. The van der Waals surface area contributed by atoms with Gasteiger partial charge in [0.1, 0.15) is 34.6 Å². The Balaban J connectivity index is 1.13. The number of β-lactam (4-membered cyclic amide) rings is 1. The quantitative estimate of drug-likeness (QED) is 0.0486. The van der Waals surface area contributed by atoms with Gasteiger partial charge in [0.2, 0.25) is 27.0 Å². The number of allylic oxidation sites excluding steroid dienone is 1. The van der Waals surface area contributed by atoms with Crippen LogP contribution in [0.4, 0.5) is 22.1 Å². The predicted octanol–water partition coefficient (Wildman–Crippen LogP) is 0.433. The standard InChI is InChI=1S/C31H30N12O9S3/c1-2-11-42-31(39-40-41-42)54-14-16-13-53-27-22(26(47)43(27)23(16)28(48)49)36-25(46)21(15-3-7-18(44)8-4-15)37-30(50)35-20-12-33-29(38-24(20)45)34-17-5-9-19(10-6-17)55(32,51)52/h2-10,12,21-22,27,44H,1,11,13-14H2,(H,36,46)(H,48,49)(H2,32,51,52)(H2,35,37,50)(H2,33,34,38,45)/t21?,22?,27-/m0/s1. The number of carboxylic acid groups (broad SMARTS) is 1. The molecule has 2 aliphatic rings. The molecular weight excluding hydrogens is 781 g/mol. The van der Waals surface area contributed by atoms with Crippen LogP contribution < -0.4 is 32.0 Å². The number of fused-ring (bicyclic) bond motifs is 1. The van der Waals surface area contributed by atoms with E-state index in [1.165, 1.54) is 76.7 Å². The molecule has 0 aliphatic carbocycles. The highest BCUT2D eigenvalue weighted by Gasteiger charge is 2.54. The van der Waals surface area contributed by atoms with E-state index in [0.29, 0.717) is 23.0 Å². The van der Waals surface area contributed by atoms with Crippen LogP contribution in [0, 0.1) is 0 Å². The number of amides is 4. The fraction of sp³-hybridized carbons (Fsp3) is 0.194. The number of thioether (sulfide) groups is 2. The smallest absolute Gasteiger partial charge is 0.352 e. The molecule has 286 valence electrons. The van der Waals surface area contributed by atoms with E-state index < -0.39 is 56.9 Å². The van der Waals surface area contributed by atoms with Crippen LogP contribution in [0.25, 0.3) is 0 Å². The summed E-state index contributed by atoms with van der Waals surface area (Å²) in [5.41, 5.74) is -0.274. The lowest BCUT2D eigenvalue weighted by molar-refractivity contribution is -0.150. The zero-order chi connectivity index (χ0) is 39.4. The van der Waals surface area contributed by atoms with Crippen LogP contribution in [0.5, 0.6) is 5.75 Å². The largest absolute Gasteiger partial charge is 0.508 e. The van der Waals surface area contributed by atoms with Crippen molar-refractivity contribution in [1.82, 2.24) is 45.7 Å². The number of carbonyl (C=O) groups is 4. The van der Waals surface area contributed by atoms with Gasteiger partial charge in [0, 0.05) is 17.2 Å². The van der Waals surface area contributed by atoms with E-state index >= 15 is 0 Å². The minimum absolute atomic E-state index is 0.0440. The lowest BCUT2D eigenvalue weighted by Gasteiger charge is -2.49. The number of tetrazole rings is 1. The molecule has 0 bridgehead atoms. The number of benzene rings is 2. The number of hydrogen-bond acceptors (Lipinski definition) is 15. The van der Waals surface area contributed by atoms with Crippen molar-refractivity contribution >= 4 is 74.7 Å². The molecule has 0 radical (unpaired) electrons. The second kappa shape index (κ2) is 16.0. The first-order valence-corrected chi connectivity index (χ1v) is 19.4. The summed E-state index contributed by atoms with van der Waals surface area (Å²) in [7, 11) is -3.91. The van der Waals surface area contributed by atoms with E-state index in [0.717, 1.165) is 11.1 Å². The van der Waals surface area contributed by atoms with Crippen molar-refractivity contribution in [2.24, 2.45) is 5.14 Å². The Morgan fingerprint density at radius 1 is 1.15 bits per heavy atom. The average molecular weight is 811 g/mol. The molecular formula is C31H30N12O9S3. The first-order valence-electron chi connectivity index (χ1n) is 15.8. The Morgan fingerprint density at radius 3 is 2.53 bits per heavy atom. The van der Waals surface area contributed by atoms with Gasteiger partial charge in [-0.2, -0.15) is 0 Å². The number of H-pyrrole nitrogens is 1. The van der Waals surface area contributed by atoms with Crippen molar-refractivity contribution < 1.29 is 37.8 Å². The summed E-state index contributed by atoms with van der Waals surface area (Å²) in [4.78, 5) is 72.9. The molecule has 2 unspecified atom stereocenters. The lowest BCUT2D eigenvalue weighted by atomic mass is 10.0. The SMILES string of the molecule is C=CCn1nnnc1SCC1=C(C(=O)O)N2C(=O)C(NC(=O)C(NC(=O)Nc3cnc(Nc4ccc(S(N)(=O)=O)cc4)[nH]c3=O)c3ccc(O)cc3)[C@@H]2SC1. The number of anilines is 3. The Morgan fingerprint density at radius 2 is 1.87 bits per heavy atom. The molecule has 0 saturated carbocycles. The van der Waals surface area contributed by atoms with Crippen molar-refractivity contribution in [1.29, 1.82) is 0 Å². The van der Waals surface area contributed by atoms with Gasteiger partial charge in [-0.3, -0.25) is 24.3 Å². The topological polar surface area (TPSA) is 310 Å². The third-order valence-electron chi connectivity index (χ3n) is 7.98. The minimum atomic E-state index is -3.91. The Kier molecular flexibility index (Phi) is 11.2. The van der Waals surface area contributed by atoms with Crippen molar-refractivity contribution in [3.05, 3.63) is 94.6 Å². The van der Waals surface area contributed by atoms with Gasteiger partial charge in [-0.25, -0.2) is 32.8 Å². The Hall–Kier alpha value is -6.24. The van der Waals surface area contributed by atoms with Crippen molar-refractivity contribution in [2.45, 2.75) is 34.1 Å². The molecule has 1 saturated heterocycles. The Bertz CT molecular complexity index is 2370. The maximum atomic E-state index is 13.7. The van der Waals surface area contributed by atoms with E-state index in [9.17, 15) is 42.6 Å². The molecule has 21 nitrogen and oxygen atoms in total. The number of nitrogens with two attached hydrogens (primary N) is 1. The van der Waals surface area contributed by atoms with E-state index in [1.54, 1.807) is 6.08 Å². The summed E-state index contributed by atoms with van der Waals surface area (Å²) in [6, 6.07) is 7.00. The third kappa shape index (κ3) is 8.61. The number of aliphatic carboxylic acids is 1. The number of carboxylic acids is 1. The number of nitrogens with zero attached hydrogens (tertiary/aromatic N) is 6. The summed E-state index contributed by atoms with van der Waals surface area (Å²) in [5, 5.41) is 46.3. The number of aromatic nitrogens is 6. The third-order valence-corrected chi connectivity index (χ3v) is 11.3. The number of nitrogens with one attached hydrogen (secondary N) is 5. The molecule has 2 aliphatic heterocycles. The molecule has 4 aromatic rings. The number of aromatic amines is 1. The summed E-state index contributed by atoms with van der Waals surface area (Å²) in [6.45, 7) is 4.00. The molecule has 1 fully saturated rings. The van der Waals surface area contributed by atoms with Crippen molar-refractivity contribution in [3.8, 4) is 5.75 Å². The highest BCUT2D eigenvalue weighted by molar-refractivity contribution is 8.01. The summed E-state index contributed by atoms with van der Waals surface area (Å²) in [5.74, 6) is -2.60. The summed E-state index contributed by atoms with van der Waals surface area (Å²) in [6.07, 6.45) is 2.65. The lowest BCUT2D eigenvalue weighted by Crippen LogP contribution is -2.71. The maximum Gasteiger partial charge on any atom is 0.352 e. The second-order valence-electron chi connectivity index (χ2n) is 11.7. The summed E-state index contributed by atoms with van der Waals surface area (Å²) >= 11 is 2.44. The Labute approximate surface area is 318 Å². The number of carbonyl (C=O) groups excluding carboxylic acids is 3. The maximum absolute atomic E-state index is 13.7. The summed E-state index contributed by atoms with van der Waals surface area (Å²) < 4.78 is 24.5. The molecule has 3 atom stereocenters. The number of hydrogen-bond donors (Lipinski definition) is 8. The highest BCUT2D eigenvalue weighted by Crippen LogP contribution is 2.41. The zero-order valence-electron chi connectivity index (χ0n) is 28.1. The molecule has 2 aromatic carbocycles. The van der Waals surface area contributed by atoms with Crippen LogP contribution in [0.2, 0.25) is 0 Å². The number of urea groups is 1. The van der Waals surface area contributed by atoms with E-state index in [1.807, 2.05) is 0 Å². The van der Waals surface area contributed by atoms with E-state index in [2.05, 4.69) is 53.3 Å². The number of phenols is 1. The molecule has 55 heavy (non-hydrogen) atoms. The molecule has 4 amide bonds. The van der Waals surface area contributed by atoms with Crippen LogP contribution in [-0.4, -0.2) is 100 Å². The first kappa shape index (κ1) is 38.5. The number of aromatic hydroxyl groups is 1. The van der Waals surface area contributed by atoms with Crippen LogP contribution in [-0.2, 0) is 31.0 Å². The number of phenolic OH excluding ortho intramolecular Hbond substituents is 1. The fourth-order valence-corrected chi connectivity index (χ4v) is 8.28. The number of rotatable bonds is 14. The van der Waals surface area contributed by atoms with E-state index in [4.69, 9.17) is 5.14 Å². The fourth-order valence-electron chi connectivity index (χ4n) is 5.39. The van der Waals surface area contributed by atoms with Gasteiger partial charge in [0.05, 0.1) is 17.6 Å². The highest BCUT2D eigenvalue weighted by atomic mass is 32.2. The number of primary sulfonamides is 1. The van der Waals surface area contributed by atoms with Gasteiger partial charge >= 0.3 is 12.0 Å². The van der Waals surface area contributed by atoms with Gasteiger partial charge in [-0.05, 0) is 58.0 Å². The van der Waals surface area contributed by atoms with Gasteiger partial charge in [-0.1, -0.05) is 30.0 Å². The van der Waals surface area contributed by atoms with E-state index in [-0.39, 0.29) is 45.0 Å². The monoisotopic (exact) mass is 810 g/mol. The average Bonchev–Trinajstić information content (AvgIpc) is 3.59. The van der Waals surface area contributed by atoms with Crippen LogP contribution in [0.1, 0.15) is 11.6 Å². The van der Waals surface area contributed by atoms with Crippen molar-refractivity contribution in [2.75, 3.05) is 22.1 Å². The predicted molar refractivity (Wildman–Crippen MR) is 197 cm³/mol. The van der Waals surface area contributed by atoms with Gasteiger partial charge in [-0.15, -0.1) is 23.4 Å². The first-order chi connectivity index (χ1) is 26.2. The zero-order valence-corrected chi connectivity index (χ0v) is 30.5. The van der Waals surface area contributed by atoms with Gasteiger partial charge in [0.25, 0.3) is 11.5 Å². The molecule has 6 rings (SSSR count). The van der Waals surface area contributed by atoms with Crippen molar-refractivity contribution in [3.63, 3.8) is 0 Å². The van der Waals surface area contributed by atoms with Crippen LogP contribution in [0.3, 0.4) is 0 Å². The normalized spacial score (nSPS) is 17.0. The molecule has 24 heteroatoms. The second-order valence-corrected chi connectivity index (χ2v) is 15.3. The van der Waals surface area contributed by atoms with Gasteiger partial charge < -0.3 is 31.5 Å². The number of sulfonamides is 1. The van der Waals surface area contributed by atoms with Crippen LogP contribution in [0.15, 0.2) is 93.5 Å². The van der Waals surface area contributed by atoms with Crippen LogP contribution >= 0.6 is 23.5 Å². The molecule has 9 N–H and O–H groups in total. The molecule has 4 heterocycles. The minimum Gasteiger partial charge on any atom is -0.508 e. The molecule has 0 spiro atoms.